The minimum Gasteiger partial charge on any atom is -0.486 e. The second kappa shape index (κ2) is 7.77. The minimum atomic E-state index is -0.358. The molecule has 0 N–H and O–H groups in total. The van der Waals surface area contributed by atoms with E-state index in [0.29, 0.717) is 11.1 Å². The average Bonchev–Trinajstić information content (AvgIpc) is 3.40. The van der Waals surface area contributed by atoms with Crippen molar-refractivity contribution < 1.29 is 18.7 Å². The average molecular weight is 459 g/mol. The molecule has 1 aliphatic heterocycles. The number of hydrazone groups is 1. The molecule has 5 rings (SSSR count). The SMILES string of the molecule is O=C1C2C3C=CC(C3)C2C(=O)N1N=Cc1cc(Cl)c(OCc2cccc(F)c2)c(Cl)c1. The molecular weight excluding hydrogens is 442 g/mol. The number of carbonyl (C=O) groups is 2. The smallest absolute Gasteiger partial charge is 0.254 e. The van der Waals surface area contributed by atoms with Crippen molar-refractivity contribution in [2.45, 2.75) is 13.0 Å². The number of hydrogen-bond donors (Lipinski definition) is 0. The molecule has 4 unspecified atom stereocenters. The second-order valence-electron chi connectivity index (χ2n) is 7.96. The van der Waals surface area contributed by atoms with Gasteiger partial charge in [-0.15, -0.1) is 0 Å². The maximum atomic E-state index is 13.3. The van der Waals surface area contributed by atoms with Gasteiger partial charge in [0.2, 0.25) is 0 Å². The van der Waals surface area contributed by atoms with Crippen LogP contribution in [0, 0.1) is 29.5 Å². The molecule has 2 bridgehead atoms. The summed E-state index contributed by atoms with van der Waals surface area (Å²) >= 11 is 12.6. The number of halogens is 3. The van der Waals surface area contributed by atoms with E-state index in [1.807, 2.05) is 12.2 Å². The predicted molar refractivity (Wildman–Crippen MR) is 114 cm³/mol. The lowest BCUT2D eigenvalue weighted by Gasteiger charge is -2.13. The quantitative estimate of drug-likeness (QED) is 0.365. The molecule has 31 heavy (non-hydrogen) atoms. The molecule has 2 amide bonds. The molecule has 2 aromatic carbocycles. The summed E-state index contributed by atoms with van der Waals surface area (Å²) in [5.41, 5.74) is 1.16. The van der Waals surface area contributed by atoms with Gasteiger partial charge in [-0.05, 0) is 53.6 Å². The Bertz CT molecular complexity index is 1100. The number of ether oxygens (including phenoxy) is 1. The summed E-state index contributed by atoms with van der Waals surface area (Å²) in [6, 6.07) is 9.19. The third-order valence-corrected chi connectivity index (χ3v) is 6.62. The molecule has 0 spiro atoms. The van der Waals surface area contributed by atoms with Crippen LogP contribution in [-0.2, 0) is 16.2 Å². The third kappa shape index (κ3) is 3.54. The van der Waals surface area contributed by atoms with E-state index in [1.165, 1.54) is 18.3 Å². The van der Waals surface area contributed by atoms with Gasteiger partial charge in [0.15, 0.2) is 5.75 Å². The number of allylic oxidation sites excluding steroid dienone is 2. The number of carbonyl (C=O) groups excluding carboxylic acids is 2. The molecule has 1 saturated carbocycles. The molecule has 1 saturated heterocycles. The summed E-state index contributed by atoms with van der Waals surface area (Å²) in [6.07, 6.45) is 6.33. The van der Waals surface area contributed by atoms with Gasteiger partial charge in [-0.25, -0.2) is 4.39 Å². The van der Waals surface area contributed by atoms with E-state index < -0.39 is 0 Å². The van der Waals surface area contributed by atoms with Crippen LogP contribution in [-0.4, -0.2) is 23.0 Å². The summed E-state index contributed by atoms with van der Waals surface area (Å²) in [4.78, 5) is 25.4. The summed E-state index contributed by atoms with van der Waals surface area (Å²) in [5.74, 6) is -0.948. The summed E-state index contributed by atoms with van der Waals surface area (Å²) in [6.45, 7) is 0.0978. The van der Waals surface area contributed by atoms with Crippen molar-refractivity contribution in [3.8, 4) is 5.75 Å². The van der Waals surface area contributed by atoms with E-state index in [2.05, 4.69) is 5.10 Å². The first-order valence-corrected chi connectivity index (χ1v) is 10.6. The van der Waals surface area contributed by atoms with Gasteiger partial charge in [0.25, 0.3) is 11.8 Å². The Labute approximate surface area is 188 Å². The molecular formula is C23H17Cl2FN2O3. The Kier molecular flexibility index (Phi) is 5.07. The van der Waals surface area contributed by atoms with Crippen molar-refractivity contribution in [1.29, 1.82) is 0 Å². The number of benzene rings is 2. The van der Waals surface area contributed by atoms with Gasteiger partial charge in [0, 0.05) is 0 Å². The maximum Gasteiger partial charge on any atom is 0.254 e. The van der Waals surface area contributed by atoms with E-state index in [0.717, 1.165) is 11.4 Å². The highest BCUT2D eigenvalue weighted by molar-refractivity contribution is 6.37. The molecule has 5 nitrogen and oxygen atoms in total. The summed E-state index contributed by atoms with van der Waals surface area (Å²) in [7, 11) is 0. The Morgan fingerprint density at radius 2 is 1.71 bits per heavy atom. The van der Waals surface area contributed by atoms with E-state index in [-0.39, 0.29) is 63.7 Å². The molecule has 2 aromatic rings. The fourth-order valence-electron chi connectivity index (χ4n) is 4.70. The Morgan fingerprint density at radius 1 is 1.06 bits per heavy atom. The summed E-state index contributed by atoms with van der Waals surface area (Å²) in [5, 5.41) is 5.58. The topological polar surface area (TPSA) is 59.0 Å². The molecule has 0 aromatic heterocycles. The van der Waals surface area contributed by atoms with Gasteiger partial charge < -0.3 is 4.74 Å². The summed E-state index contributed by atoms with van der Waals surface area (Å²) < 4.78 is 19.0. The molecule has 4 atom stereocenters. The number of fused-ring (bicyclic) bond motifs is 5. The first-order chi connectivity index (χ1) is 14.9. The lowest BCUT2D eigenvalue weighted by molar-refractivity contribution is -0.140. The lowest BCUT2D eigenvalue weighted by atomic mass is 9.85. The number of imide groups is 1. The van der Waals surface area contributed by atoms with Crippen LogP contribution in [0.25, 0.3) is 0 Å². The largest absolute Gasteiger partial charge is 0.486 e. The highest BCUT2D eigenvalue weighted by Gasteiger charge is 2.59. The van der Waals surface area contributed by atoms with Crippen LogP contribution in [0.15, 0.2) is 53.7 Å². The Morgan fingerprint density at radius 3 is 2.32 bits per heavy atom. The number of hydrogen-bond acceptors (Lipinski definition) is 4. The molecule has 2 fully saturated rings. The van der Waals surface area contributed by atoms with Crippen LogP contribution in [0.1, 0.15) is 17.5 Å². The normalized spacial score (nSPS) is 26.4. The molecule has 8 heteroatoms. The predicted octanol–water partition coefficient (Wildman–Crippen LogP) is 4.85. The zero-order chi connectivity index (χ0) is 21.7. The third-order valence-electron chi connectivity index (χ3n) is 6.06. The van der Waals surface area contributed by atoms with E-state index in [1.54, 1.807) is 24.3 Å². The van der Waals surface area contributed by atoms with E-state index >= 15 is 0 Å². The Hall–Kier alpha value is -2.70. The standard InChI is InChI=1S/C23H17Cl2FN2O3/c24-17-7-13(8-18(25)21(17)31-11-12-2-1-3-16(26)6-12)10-27-28-22(29)19-14-4-5-15(9-14)20(19)23(28)30/h1-8,10,14-15,19-20H,9,11H2. The van der Waals surface area contributed by atoms with Crippen molar-refractivity contribution in [1.82, 2.24) is 5.01 Å². The molecule has 0 radical (unpaired) electrons. The van der Waals surface area contributed by atoms with Crippen molar-refractivity contribution >= 4 is 41.2 Å². The van der Waals surface area contributed by atoms with E-state index in [9.17, 15) is 14.0 Å². The van der Waals surface area contributed by atoms with Crippen molar-refractivity contribution in [3.05, 3.63) is 75.5 Å². The zero-order valence-corrected chi connectivity index (χ0v) is 17.7. The van der Waals surface area contributed by atoms with Gasteiger partial charge in [-0.2, -0.15) is 10.1 Å². The first kappa shape index (κ1) is 20.2. The molecule has 158 valence electrons. The number of rotatable bonds is 5. The van der Waals surface area contributed by atoms with Crippen molar-refractivity contribution in [2.24, 2.45) is 28.8 Å². The van der Waals surface area contributed by atoms with Crippen LogP contribution in [0.5, 0.6) is 5.75 Å². The van der Waals surface area contributed by atoms with Gasteiger partial charge >= 0.3 is 0 Å². The fourth-order valence-corrected chi connectivity index (χ4v) is 5.31. The lowest BCUT2D eigenvalue weighted by Crippen LogP contribution is -2.28. The number of nitrogens with zero attached hydrogens (tertiary/aromatic N) is 2. The first-order valence-electron chi connectivity index (χ1n) is 9.89. The fraction of sp³-hybridized carbons (Fsp3) is 0.261. The van der Waals surface area contributed by atoms with Crippen LogP contribution in [0.4, 0.5) is 4.39 Å². The van der Waals surface area contributed by atoms with Gasteiger partial charge in [0.1, 0.15) is 12.4 Å². The van der Waals surface area contributed by atoms with Crippen LogP contribution in [0.3, 0.4) is 0 Å². The van der Waals surface area contributed by atoms with Crippen molar-refractivity contribution in [3.63, 3.8) is 0 Å². The van der Waals surface area contributed by atoms with Crippen LogP contribution in [0.2, 0.25) is 10.0 Å². The van der Waals surface area contributed by atoms with Gasteiger partial charge in [-0.1, -0.05) is 47.5 Å². The molecule has 3 aliphatic rings. The zero-order valence-electron chi connectivity index (χ0n) is 16.2. The number of amides is 2. The monoisotopic (exact) mass is 458 g/mol. The Balaban J connectivity index is 1.31. The maximum absolute atomic E-state index is 13.3. The van der Waals surface area contributed by atoms with Gasteiger partial charge in [-0.3, -0.25) is 9.59 Å². The molecule has 1 heterocycles. The van der Waals surface area contributed by atoms with Crippen LogP contribution < -0.4 is 4.74 Å². The second-order valence-corrected chi connectivity index (χ2v) is 8.78. The van der Waals surface area contributed by atoms with E-state index in [4.69, 9.17) is 27.9 Å². The minimum absolute atomic E-state index is 0.0978. The van der Waals surface area contributed by atoms with Crippen LogP contribution >= 0.6 is 23.2 Å². The highest BCUT2D eigenvalue weighted by atomic mass is 35.5. The highest BCUT2D eigenvalue weighted by Crippen LogP contribution is 2.52. The molecule has 2 aliphatic carbocycles. The van der Waals surface area contributed by atoms with Crippen molar-refractivity contribution in [2.75, 3.05) is 0 Å². The van der Waals surface area contributed by atoms with Gasteiger partial charge in [0.05, 0.1) is 28.1 Å².